The molecule has 0 spiro atoms. The van der Waals surface area contributed by atoms with E-state index in [1.165, 1.54) is 11.3 Å². The zero-order valence-electron chi connectivity index (χ0n) is 15.3. The van der Waals surface area contributed by atoms with Crippen molar-refractivity contribution in [2.75, 3.05) is 33.7 Å². The van der Waals surface area contributed by atoms with Crippen molar-refractivity contribution in [3.8, 4) is 0 Å². The first-order valence-electron chi connectivity index (χ1n) is 8.91. The summed E-state index contributed by atoms with van der Waals surface area (Å²) in [5.41, 5.74) is 0.581. The first-order valence-corrected chi connectivity index (χ1v) is 9.79. The molecule has 0 bridgehead atoms. The van der Waals surface area contributed by atoms with Crippen molar-refractivity contribution in [1.29, 1.82) is 0 Å². The lowest BCUT2D eigenvalue weighted by Crippen LogP contribution is -2.40. The molecule has 1 atom stereocenters. The molecule has 3 rings (SSSR count). The summed E-state index contributed by atoms with van der Waals surface area (Å²) in [7, 11) is 4.19. The van der Waals surface area contributed by atoms with Gasteiger partial charge in [-0.1, -0.05) is 0 Å². The zero-order chi connectivity index (χ0) is 17.8. The highest BCUT2D eigenvalue weighted by atomic mass is 32.1. The largest absolute Gasteiger partial charge is 0.337 e. The molecular weight excluding hydrogens is 334 g/mol. The Balaban J connectivity index is 1.65. The fourth-order valence-electron chi connectivity index (χ4n) is 3.42. The summed E-state index contributed by atoms with van der Waals surface area (Å²) >= 11 is 1.53. The first kappa shape index (κ1) is 18.1. The van der Waals surface area contributed by atoms with Crippen LogP contribution in [-0.2, 0) is 6.54 Å². The molecule has 1 aliphatic rings. The van der Waals surface area contributed by atoms with E-state index in [9.17, 15) is 4.79 Å². The lowest BCUT2D eigenvalue weighted by atomic mass is 9.97. The zero-order valence-corrected chi connectivity index (χ0v) is 16.1. The molecule has 25 heavy (non-hydrogen) atoms. The minimum absolute atomic E-state index is 0.0553. The molecular formula is C18H27N5OS. The molecule has 7 heteroatoms. The Morgan fingerprint density at radius 3 is 3.00 bits per heavy atom. The maximum Gasteiger partial charge on any atom is 0.273 e. The molecule has 136 valence electrons. The summed E-state index contributed by atoms with van der Waals surface area (Å²) in [4.78, 5) is 25.8. The van der Waals surface area contributed by atoms with E-state index in [4.69, 9.17) is 0 Å². The number of imidazole rings is 1. The summed E-state index contributed by atoms with van der Waals surface area (Å²) in [5, 5.41) is 2.80. The van der Waals surface area contributed by atoms with Gasteiger partial charge >= 0.3 is 0 Å². The van der Waals surface area contributed by atoms with Crippen LogP contribution in [0.4, 0.5) is 0 Å². The number of piperidine rings is 1. The SMILES string of the molecule is Cc1nc(C(=O)N2CCC[C@H](c3nccn3CCCN(C)C)C2)cs1. The standard InChI is InChI=1S/C18H27N5OS/c1-14-20-16(13-25-14)18(24)23-9-4-6-15(12-23)17-19-7-11-22(17)10-5-8-21(2)3/h7,11,13,15H,4-6,8-10,12H2,1-3H3/t15-/m0/s1. The van der Waals surface area contributed by atoms with Crippen LogP contribution in [0.15, 0.2) is 17.8 Å². The van der Waals surface area contributed by atoms with E-state index in [1.54, 1.807) is 0 Å². The lowest BCUT2D eigenvalue weighted by Gasteiger charge is -2.32. The second kappa shape index (κ2) is 8.10. The maximum atomic E-state index is 12.7. The lowest BCUT2D eigenvalue weighted by molar-refractivity contribution is 0.0698. The smallest absolute Gasteiger partial charge is 0.273 e. The fraction of sp³-hybridized carbons (Fsp3) is 0.611. The van der Waals surface area contributed by atoms with Gasteiger partial charge in [0.05, 0.1) is 5.01 Å². The molecule has 0 aliphatic carbocycles. The van der Waals surface area contributed by atoms with Crippen LogP contribution in [0.3, 0.4) is 0 Å². The predicted octanol–water partition coefficient (Wildman–Crippen LogP) is 2.62. The summed E-state index contributed by atoms with van der Waals surface area (Å²) in [6.07, 6.45) is 7.16. The molecule has 2 aromatic heterocycles. The molecule has 1 saturated heterocycles. The van der Waals surface area contributed by atoms with Crippen molar-refractivity contribution in [2.45, 2.75) is 38.6 Å². The van der Waals surface area contributed by atoms with E-state index in [0.717, 1.165) is 56.3 Å². The van der Waals surface area contributed by atoms with Crippen molar-refractivity contribution in [3.63, 3.8) is 0 Å². The summed E-state index contributed by atoms with van der Waals surface area (Å²) in [6, 6.07) is 0. The van der Waals surface area contributed by atoms with Gasteiger partial charge in [0, 0.05) is 43.3 Å². The van der Waals surface area contributed by atoms with Gasteiger partial charge in [-0.3, -0.25) is 4.79 Å². The second-order valence-electron chi connectivity index (χ2n) is 6.98. The van der Waals surface area contributed by atoms with Crippen LogP contribution < -0.4 is 0 Å². The third-order valence-corrected chi connectivity index (χ3v) is 5.44. The van der Waals surface area contributed by atoms with Gasteiger partial charge in [-0.2, -0.15) is 0 Å². The number of hydrogen-bond acceptors (Lipinski definition) is 5. The third-order valence-electron chi connectivity index (χ3n) is 4.66. The molecule has 0 aromatic carbocycles. The Bertz CT molecular complexity index is 708. The van der Waals surface area contributed by atoms with Crippen LogP contribution in [0.25, 0.3) is 0 Å². The van der Waals surface area contributed by atoms with E-state index >= 15 is 0 Å². The number of nitrogens with zero attached hydrogens (tertiary/aromatic N) is 5. The number of thiazole rings is 1. The van der Waals surface area contributed by atoms with Gasteiger partial charge in [-0.25, -0.2) is 9.97 Å². The fourth-order valence-corrected chi connectivity index (χ4v) is 4.01. The molecule has 0 unspecified atom stereocenters. The number of hydrogen-bond donors (Lipinski definition) is 0. The van der Waals surface area contributed by atoms with Crippen molar-refractivity contribution in [2.24, 2.45) is 0 Å². The molecule has 1 aliphatic heterocycles. The molecule has 0 saturated carbocycles. The van der Waals surface area contributed by atoms with Crippen LogP contribution in [0.1, 0.15) is 46.5 Å². The number of aromatic nitrogens is 3. The Kier molecular flexibility index (Phi) is 5.86. The van der Waals surface area contributed by atoms with E-state index in [0.29, 0.717) is 11.6 Å². The quantitative estimate of drug-likeness (QED) is 0.794. The minimum atomic E-state index is 0.0553. The highest BCUT2D eigenvalue weighted by molar-refractivity contribution is 7.09. The van der Waals surface area contributed by atoms with Gasteiger partial charge in [0.25, 0.3) is 5.91 Å². The summed E-state index contributed by atoms with van der Waals surface area (Å²) in [5.74, 6) is 1.48. The summed E-state index contributed by atoms with van der Waals surface area (Å²) in [6.45, 7) is 5.53. The number of aryl methyl sites for hydroxylation is 2. The predicted molar refractivity (Wildman–Crippen MR) is 100 cm³/mol. The highest BCUT2D eigenvalue weighted by Crippen LogP contribution is 2.27. The van der Waals surface area contributed by atoms with Gasteiger partial charge in [0.2, 0.25) is 0 Å². The first-order chi connectivity index (χ1) is 12.0. The molecule has 6 nitrogen and oxygen atoms in total. The number of amides is 1. The monoisotopic (exact) mass is 361 g/mol. The number of likely N-dealkylation sites (tertiary alicyclic amines) is 1. The molecule has 1 fully saturated rings. The Morgan fingerprint density at radius 2 is 2.28 bits per heavy atom. The van der Waals surface area contributed by atoms with E-state index in [-0.39, 0.29) is 5.91 Å². The minimum Gasteiger partial charge on any atom is -0.337 e. The second-order valence-corrected chi connectivity index (χ2v) is 8.04. The number of rotatable bonds is 6. The van der Waals surface area contributed by atoms with E-state index < -0.39 is 0 Å². The number of carbonyl (C=O) groups is 1. The molecule has 1 amide bonds. The molecule has 0 radical (unpaired) electrons. The van der Waals surface area contributed by atoms with Gasteiger partial charge < -0.3 is 14.4 Å². The number of carbonyl (C=O) groups excluding carboxylic acids is 1. The van der Waals surface area contributed by atoms with Gasteiger partial charge in [-0.15, -0.1) is 11.3 Å². The highest BCUT2D eigenvalue weighted by Gasteiger charge is 2.28. The average Bonchev–Trinajstić information content (AvgIpc) is 3.23. The molecule has 3 heterocycles. The summed E-state index contributed by atoms with van der Waals surface area (Å²) < 4.78 is 2.26. The van der Waals surface area contributed by atoms with Crippen molar-refractivity contribution in [3.05, 3.63) is 34.3 Å². The van der Waals surface area contributed by atoms with E-state index in [1.807, 2.05) is 23.4 Å². The van der Waals surface area contributed by atoms with Crippen LogP contribution in [0, 0.1) is 6.92 Å². The van der Waals surface area contributed by atoms with Crippen molar-refractivity contribution >= 4 is 17.2 Å². The molecule has 0 N–H and O–H groups in total. The van der Waals surface area contributed by atoms with E-state index in [2.05, 4.69) is 39.7 Å². The Morgan fingerprint density at radius 1 is 1.44 bits per heavy atom. The van der Waals surface area contributed by atoms with Crippen LogP contribution in [0.2, 0.25) is 0 Å². The van der Waals surface area contributed by atoms with Crippen molar-refractivity contribution < 1.29 is 4.79 Å². The maximum absolute atomic E-state index is 12.7. The van der Waals surface area contributed by atoms with Crippen molar-refractivity contribution in [1.82, 2.24) is 24.3 Å². The average molecular weight is 362 g/mol. The molecule has 2 aromatic rings. The Labute approximate surface area is 153 Å². The topological polar surface area (TPSA) is 54.3 Å². The third kappa shape index (κ3) is 4.46. The van der Waals surface area contributed by atoms with Gasteiger partial charge in [0.15, 0.2) is 0 Å². The van der Waals surface area contributed by atoms with Crippen LogP contribution in [-0.4, -0.2) is 64.0 Å². The van der Waals surface area contributed by atoms with Gasteiger partial charge in [0.1, 0.15) is 11.5 Å². The van der Waals surface area contributed by atoms with Crippen LogP contribution in [0.5, 0.6) is 0 Å². The van der Waals surface area contributed by atoms with Gasteiger partial charge in [-0.05, 0) is 46.8 Å². The van der Waals surface area contributed by atoms with Crippen LogP contribution >= 0.6 is 11.3 Å². The normalized spacial score (nSPS) is 18.1. The Hall–Kier alpha value is -1.73.